The van der Waals surface area contributed by atoms with Crippen LogP contribution in [0, 0.1) is 5.82 Å². The van der Waals surface area contributed by atoms with E-state index in [1.54, 1.807) is 24.3 Å². The molecular weight excluding hydrogens is 327 g/mol. The van der Waals surface area contributed by atoms with Crippen LogP contribution in [0.2, 0.25) is 0 Å². The Hall–Kier alpha value is -2.93. The molecule has 0 heterocycles. The lowest BCUT2D eigenvalue weighted by atomic mass is 10.2. The van der Waals surface area contributed by atoms with Gasteiger partial charge in [0.05, 0.1) is 0 Å². The molecule has 0 aliphatic rings. The van der Waals surface area contributed by atoms with Crippen molar-refractivity contribution in [2.75, 3.05) is 0 Å². The molecule has 2 rings (SSSR count). The highest BCUT2D eigenvalue weighted by molar-refractivity contribution is 5.93. The SMILES string of the molecule is CC(C)(C)OC=O.NNC(=O)c1ccc(Oc2ccc(F)cc2)cc1. The Balaban J connectivity index is 0.000000381. The Morgan fingerprint density at radius 1 is 1.04 bits per heavy atom. The van der Waals surface area contributed by atoms with E-state index in [2.05, 4.69) is 4.74 Å². The summed E-state index contributed by atoms with van der Waals surface area (Å²) >= 11 is 0. The second-order valence-corrected chi connectivity index (χ2v) is 5.88. The van der Waals surface area contributed by atoms with Gasteiger partial charge in [0.1, 0.15) is 22.9 Å². The first-order chi connectivity index (χ1) is 11.7. The predicted octanol–water partition coefficient (Wildman–Crippen LogP) is 3.18. The van der Waals surface area contributed by atoms with E-state index in [9.17, 15) is 14.0 Å². The van der Waals surface area contributed by atoms with Crippen LogP contribution in [0.1, 0.15) is 31.1 Å². The van der Waals surface area contributed by atoms with Crippen molar-refractivity contribution >= 4 is 12.4 Å². The summed E-state index contributed by atoms with van der Waals surface area (Å²) < 4.78 is 22.7. The number of halogens is 1. The topological polar surface area (TPSA) is 90.6 Å². The quantitative estimate of drug-likeness (QED) is 0.383. The molecule has 2 aromatic rings. The molecule has 3 N–H and O–H groups in total. The molecule has 0 unspecified atom stereocenters. The fraction of sp³-hybridized carbons (Fsp3) is 0.222. The van der Waals surface area contributed by atoms with Crippen LogP contribution < -0.4 is 16.0 Å². The van der Waals surface area contributed by atoms with Crippen molar-refractivity contribution in [2.24, 2.45) is 5.84 Å². The maximum atomic E-state index is 12.7. The molecule has 6 nitrogen and oxygen atoms in total. The van der Waals surface area contributed by atoms with Gasteiger partial charge in [-0.15, -0.1) is 0 Å². The Bertz CT molecular complexity index is 680. The zero-order chi connectivity index (χ0) is 18.9. The summed E-state index contributed by atoms with van der Waals surface area (Å²) in [6, 6.07) is 12.1. The van der Waals surface area contributed by atoms with E-state index in [0.717, 1.165) is 0 Å². The van der Waals surface area contributed by atoms with Gasteiger partial charge in [0.25, 0.3) is 12.4 Å². The fourth-order valence-electron chi connectivity index (χ4n) is 1.54. The molecule has 0 radical (unpaired) electrons. The second kappa shape index (κ2) is 9.39. The van der Waals surface area contributed by atoms with Crippen molar-refractivity contribution in [2.45, 2.75) is 26.4 Å². The highest BCUT2D eigenvalue weighted by Gasteiger charge is 2.07. The lowest BCUT2D eigenvalue weighted by Gasteiger charge is -2.14. The van der Waals surface area contributed by atoms with Crippen molar-refractivity contribution in [3.8, 4) is 11.5 Å². The zero-order valence-electron chi connectivity index (χ0n) is 14.3. The number of hydrogen-bond donors (Lipinski definition) is 2. The van der Waals surface area contributed by atoms with Gasteiger partial charge in [0.15, 0.2) is 0 Å². The normalized spacial score (nSPS) is 10.1. The van der Waals surface area contributed by atoms with Gasteiger partial charge in [-0.1, -0.05) is 0 Å². The van der Waals surface area contributed by atoms with Crippen LogP contribution in [-0.2, 0) is 9.53 Å². The average molecular weight is 348 g/mol. The molecule has 0 aromatic heterocycles. The molecule has 0 spiro atoms. The van der Waals surface area contributed by atoms with Crippen molar-refractivity contribution < 1.29 is 23.5 Å². The number of carbonyl (C=O) groups is 2. The Morgan fingerprint density at radius 3 is 1.88 bits per heavy atom. The molecule has 0 bridgehead atoms. The number of amides is 1. The highest BCUT2D eigenvalue weighted by atomic mass is 19.1. The number of nitrogens with one attached hydrogen (secondary N) is 1. The smallest absolute Gasteiger partial charge is 0.293 e. The molecule has 0 atom stereocenters. The number of benzene rings is 2. The Labute approximate surface area is 145 Å². The molecule has 0 fully saturated rings. The van der Waals surface area contributed by atoms with Gasteiger partial charge >= 0.3 is 0 Å². The van der Waals surface area contributed by atoms with Crippen LogP contribution in [0.25, 0.3) is 0 Å². The van der Waals surface area contributed by atoms with E-state index in [1.165, 1.54) is 24.3 Å². The van der Waals surface area contributed by atoms with Crippen LogP contribution in [-0.4, -0.2) is 18.0 Å². The zero-order valence-corrected chi connectivity index (χ0v) is 14.3. The van der Waals surface area contributed by atoms with Gasteiger partial charge in [-0.3, -0.25) is 15.0 Å². The van der Waals surface area contributed by atoms with E-state index in [0.29, 0.717) is 23.5 Å². The Kier molecular flexibility index (Phi) is 7.55. The van der Waals surface area contributed by atoms with Gasteiger partial charge in [0.2, 0.25) is 0 Å². The van der Waals surface area contributed by atoms with E-state index in [-0.39, 0.29) is 17.3 Å². The molecule has 25 heavy (non-hydrogen) atoms. The van der Waals surface area contributed by atoms with Crippen LogP contribution >= 0.6 is 0 Å². The number of nitrogen functional groups attached to an aromatic ring is 1. The summed E-state index contributed by atoms with van der Waals surface area (Å²) in [5.74, 6) is 5.39. The largest absolute Gasteiger partial charge is 0.462 e. The van der Waals surface area contributed by atoms with Crippen molar-refractivity contribution in [1.82, 2.24) is 5.43 Å². The van der Waals surface area contributed by atoms with Crippen LogP contribution in [0.5, 0.6) is 11.5 Å². The molecule has 1 amide bonds. The number of ether oxygens (including phenoxy) is 2. The number of nitrogens with two attached hydrogens (primary N) is 1. The molecule has 134 valence electrons. The molecule has 0 saturated heterocycles. The van der Waals surface area contributed by atoms with Crippen LogP contribution in [0.4, 0.5) is 4.39 Å². The molecule has 7 heteroatoms. The minimum absolute atomic E-state index is 0.318. The molecule has 0 aliphatic carbocycles. The third-order valence-electron chi connectivity index (χ3n) is 2.70. The van der Waals surface area contributed by atoms with Crippen molar-refractivity contribution in [3.63, 3.8) is 0 Å². The highest BCUT2D eigenvalue weighted by Crippen LogP contribution is 2.21. The third kappa shape index (κ3) is 7.94. The van der Waals surface area contributed by atoms with Gasteiger partial charge in [-0.2, -0.15) is 0 Å². The van der Waals surface area contributed by atoms with Gasteiger partial charge in [0, 0.05) is 5.56 Å². The number of carbonyl (C=O) groups excluding carboxylic acids is 2. The minimum atomic E-state index is -0.372. The first-order valence-electron chi connectivity index (χ1n) is 7.41. The van der Waals surface area contributed by atoms with Crippen molar-refractivity contribution in [1.29, 1.82) is 0 Å². The molecule has 2 aromatic carbocycles. The van der Waals surface area contributed by atoms with E-state index in [1.807, 2.05) is 26.2 Å². The van der Waals surface area contributed by atoms with Gasteiger partial charge in [-0.25, -0.2) is 10.2 Å². The second-order valence-electron chi connectivity index (χ2n) is 5.88. The molecule has 0 aliphatic heterocycles. The monoisotopic (exact) mass is 348 g/mol. The molecular formula is C18H21FN2O4. The van der Waals surface area contributed by atoms with E-state index < -0.39 is 0 Å². The maximum Gasteiger partial charge on any atom is 0.293 e. The summed E-state index contributed by atoms with van der Waals surface area (Å²) in [7, 11) is 0. The average Bonchev–Trinajstić information content (AvgIpc) is 2.56. The third-order valence-corrected chi connectivity index (χ3v) is 2.70. The van der Waals surface area contributed by atoms with E-state index >= 15 is 0 Å². The van der Waals surface area contributed by atoms with Gasteiger partial charge < -0.3 is 9.47 Å². The summed E-state index contributed by atoms with van der Waals surface area (Å²) in [4.78, 5) is 20.8. The maximum absolute atomic E-state index is 12.7. The summed E-state index contributed by atoms with van der Waals surface area (Å²) in [6.07, 6.45) is 0. The summed E-state index contributed by atoms with van der Waals surface area (Å²) in [5, 5.41) is 0. The van der Waals surface area contributed by atoms with Crippen LogP contribution in [0.15, 0.2) is 48.5 Å². The number of rotatable bonds is 4. The lowest BCUT2D eigenvalue weighted by Crippen LogP contribution is -2.29. The van der Waals surface area contributed by atoms with Crippen LogP contribution in [0.3, 0.4) is 0 Å². The first kappa shape index (κ1) is 20.1. The predicted molar refractivity (Wildman–Crippen MR) is 91.5 cm³/mol. The molecule has 0 saturated carbocycles. The van der Waals surface area contributed by atoms with Crippen molar-refractivity contribution in [3.05, 3.63) is 59.9 Å². The summed E-state index contributed by atoms with van der Waals surface area (Å²) in [5.41, 5.74) is 2.15. The number of hydrazine groups is 1. The van der Waals surface area contributed by atoms with E-state index in [4.69, 9.17) is 10.6 Å². The number of hydrogen-bond acceptors (Lipinski definition) is 5. The minimum Gasteiger partial charge on any atom is -0.462 e. The fourth-order valence-corrected chi connectivity index (χ4v) is 1.54. The van der Waals surface area contributed by atoms with Gasteiger partial charge in [-0.05, 0) is 69.3 Å². The Morgan fingerprint density at radius 2 is 1.52 bits per heavy atom. The lowest BCUT2D eigenvalue weighted by molar-refractivity contribution is -0.138. The standard InChI is InChI=1S/C13H11FN2O2.C5H10O2/c14-10-3-7-12(8-4-10)18-11-5-1-9(2-6-11)13(17)16-15;1-5(2,3)7-4-6/h1-8H,15H2,(H,16,17);4H,1-3H3. The summed E-state index contributed by atoms with van der Waals surface area (Å²) in [6.45, 7) is 5.92. The first-order valence-corrected chi connectivity index (χ1v) is 7.41.